The van der Waals surface area contributed by atoms with Gasteiger partial charge in [0.2, 0.25) is 0 Å². The highest BCUT2D eigenvalue weighted by Gasteiger charge is 2.10. The normalized spacial score (nSPS) is 10.3. The number of amides is 2. The Hall–Kier alpha value is -2.49. The van der Waals surface area contributed by atoms with Gasteiger partial charge in [0.1, 0.15) is 0 Å². The molecule has 23 heavy (non-hydrogen) atoms. The van der Waals surface area contributed by atoms with Crippen LogP contribution in [0.1, 0.15) is 25.7 Å². The largest absolute Gasteiger partial charge is 0.385 e. The van der Waals surface area contributed by atoms with Crippen LogP contribution in [0.3, 0.4) is 0 Å². The van der Waals surface area contributed by atoms with Gasteiger partial charge in [0.15, 0.2) is 0 Å². The van der Waals surface area contributed by atoms with Gasteiger partial charge in [0, 0.05) is 24.5 Å². The fourth-order valence-electron chi connectivity index (χ4n) is 2.51. The average Bonchev–Trinajstić information content (AvgIpc) is 2.58. The summed E-state index contributed by atoms with van der Waals surface area (Å²) in [5.41, 5.74) is 7.50. The first kappa shape index (κ1) is 16.9. The van der Waals surface area contributed by atoms with Crippen LogP contribution < -0.4 is 16.0 Å². The highest BCUT2D eigenvalue weighted by molar-refractivity contribution is 5.90. The van der Waals surface area contributed by atoms with Crippen molar-refractivity contribution in [2.45, 2.75) is 25.7 Å². The molecule has 0 fully saturated rings. The summed E-state index contributed by atoms with van der Waals surface area (Å²) in [6, 6.07) is 19.4. The van der Waals surface area contributed by atoms with Crippen LogP contribution in [0.2, 0.25) is 0 Å². The lowest BCUT2D eigenvalue weighted by Gasteiger charge is -2.20. The van der Waals surface area contributed by atoms with Crippen LogP contribution in [0.4, 0.5) is 16.2 Å². The van der Waals surface area contributed by atoms with E-state index in [1.54, 1.807) is 4.90 Å². The average molecular weight is 311 g/mol. The number of para-hydroxylation sites is 2. The lowest BCUT2D eigenvalue weighted by molar-refractivity contribution is 0.253. The molecule has 0 aromatic heterocycles. The van der Waals surface area contributed by atoms with Gasteiger partial charge in [-0.15, -0.1) is 0 Å². The zero-order valence-electron chi connectivity index (χ0n) is 13.4. The van der Waals surface area contributed by atoms with Crippen LogP contribution in [0.25, 0.3) is 0 Å². The van der Waals surface area contributed by atoms with Crippen LogP contribution in [0.5, 0.6) is 0 Å². The smallest absolute Gasteiger partial charge is 0.319 e. The Morgan fingerprint density at radius 2 is 1.48 bits per heavy atom. The van der Waals surface area contributed by atoms with Crippen molar-refractivity contribution in [3.05, 3.63) is 60.7 Å². The van der Waals surface area contributed by atoms with Crippen molar-refractivity contribution in [3.63, 3.8) is 0 Å². The van der Waals surface area contributed by atoms with E-state index in [1.165, 1.54) is 0 Å². The van der Waals surface area contributed by atoms with Crippen molar-refractivity contribution < 1.29 is 4.79 Å². The highest BCUT2D eigenvalue weighted by atomic mass is 16.2. The number of rotatable bonds is 9. The summed E-state index contributed by atoms with van der Waals surface area (Å²) >= 11 is 0. The first-order chi connectivity index (χ1) is 11.3. The number of hydrogen-bond acceptors (Lipinski definition) is 2. The summed E-state index contributed by atoms with van der Waals surface area (Å²) in [4.78, 5) is 13.2. The fourth-order valence-corrected chi connectivity index (χ4v) is 2.51. The van der Waals surface area contributed by atoms with E-state index in [0.29, 0.717) is 6.54 Å². The molecule has 0 aliphatic carbocycles. The second-order valence-electron chi connectivity index (χ2n) is 5.53. The lowest BCUT2D eigenvalue weighted by Crippen LogP contribution is -2.36. The second kappa shape index (κ2) is 9.51. The first-order valence-electron chi connectivity index (χ1n) is 8.18. The van der Waals surface area contributed by atoms with Gasteiger partial charge in [-0.25, -0.2) is 4.79 Å². The third-order valence-electron chi connectivity index (χ3n) is 3.75. The molecule has 4 nitrogen and oxygen atoms in total. The molecule has 2 aromatic rings. The van der Waals surface area contributed by atoms with Crippen molar-refractivity contribution in [3.8, 4) is 0 Å². The van der Waals surface area contributed by atoms with Gasteiger partial charge in [-0.1, -0.05) is 49.2 Å². The zero-order chi connectivity index (χ0) is 16.3. The van der Waals surface area contributed by atoms with Crippen molar-refractivity contribution in [2.75, 3.05) is 23.3 Å². The molecule has 2 aromatic carbocycles. The first-order valence-corrected chi connectivity index (χ1v) is 8.18. The minimum Gasteiger partial charge on any atom is -0.385 e. The summed E-state index contributed by atoms with van der Waals surface area (Å²) in [5.74, 6) is 0. The summed E-state index contributed by atoms with van der Waals surface area (Å²) in [6.07, 6.45) is 4.31. The maximum atomic E-state index is 11.6. The molecule has 2 rings (SSSR count). The molecule has 0 bridgehead atoms. The van der Waals surface area contributed by atoms with Crippen molar-refractivity contribution in [1.82, 2.24) is 0 Å². The molecule has 3 N–H and O–H groups in total. The fraction of sp³-hybridized carbons (Fsp3) is 0.316. The standard InChI is InChI=1S/C19H25N3O/c20-19(23)22(18-13-7-4-8-14-18)16-10-2-1-9-15-21-17-11-5-3-6-12-17/h3-8,11-14,21H,1-2,9-10,15-16H2,(H2,20,23). The van der Waals surface area contributed by atoms with Crippen molar-refractivity contribution in [1.29, 1.82) is 0 Å². The van der Waals surface area contributed by atoms with Gasteiger partial charge in [0.05, 0.1) is 0 Å². The lowest BCUT2D eigenvalue weighted by atomic mass is 10.1. The molecular formula is C19H25N3O. The summed E-state index contributed by atoms with van der Waals surface area (Å²) in [5, 5.41) is 3.40. The number of nitrogens with zero attached hydrogens (tertiary/aromatic N) is 1. The summed E-state index contributed by atoms with van der Waals surface area (Å²) < 4.78 is 0. The number of nitrogens with one attached hydrogen (secondary N) is 1. The molecule has 0 aliphatic heterocycles. The number of hydrogen-bond donors (Lipinski definition) is 2. The minimum atomic E-state index is -0.387. The van der Waals surface area contributed by atoms with Gasteiger partial charge in [0.25, 0.3) is 0 Å². The summed E-state index contributed by atoms with van der Waals surface area (Å²) in [6.45, 7) is 1.65. The number of unbranched alkanes of at least 4 members (excludes halogenated alkanes) is 3. The summed E-state index contributed by atoms with van der Waals surface area (Å²) in [7, 11) is 0. The van der Waals surface area contributed by atoms with E-state index < -0.39 is 0 Å². The maximum Gasteiger partial charge on any atom is 0.319 e. The van der Waals surface area contributed by atoms with Gasteiger partial charge in [-0.2, -0.15) is 0 Å². The molecule has 0 saturated heterocycles. The molecule has 122 valence electrons. The topological polar surface area (TPSA) is 58.4 Å². The Bertz CT molecular complexity index is 572. The van der Waals surface area contributed by atoms with Gasteiger partial charge in [-0.05, 0) is 37.1 Å². The Balaban J connectivity index is 1.61. The van der Waals surface area contributed by atoms with Crippen LogP contribution in [0, 0.1) is 0 Å². The quantitative estimate of drug-likeness (QED) is 0.680. The molecule has 0 heterocycles. The van der Waals surface area contributed by atoms with E-state index in [2.05, 4.69) is 17.4 Å². The third-order valence-corrected chi connectivity index (χ3v) is 3.75. The number of anilines is 2. The Morgan fingerprint density at radius 3 is 2.13 bits per heavy atom. The number of benzene rings is 2. The molecule has 0 radical (unpaired) electrons. The SMILES string of the molecule is NC(=O)N(CCCCCCNc1ccccc1)c1ccccc1. The number of carbonyl (C=O) groups excluding carboxylic acids is 1. The zero-order valence-corrected chi connectivity index (χ0v) is 13.4. The van der Waals surface area contributed by atoms with Crippen LogP contribution in [0.15, 0.2) is 60.7 Å². The van der Waals surface area contributed by atoms with Crippen LogP contribution >= 0.6 is 0 Å². The van der Waals surface area contributed by atoms with E-state index in [0.717, 1.165) is 43.6 Å². The Labute approximate surface area is 138 Å². The molecular weight excluding hydrogens is 286 g/mol. The van der Waals surface area contributed by atoms with Crippen LogP contribution in [-0.2, 0) is 0 Å². The molecule has 2 amide bonds. The van der Waals surface area contributed by atoms with E-state index in [4.69, 9.17) is 5.73 Å². The predicted molar refractivity (Wildman–Crippen MR) is 96.8 cm³/mol. The Morgan fingerprint density at radius 1 is 0.870 bits per heavy atom. The van der Waals surface area contributed by atoms with Crippen molar-refractivity contribution >= 4 is 17.4 Å². The number of urea groups is 1. The predicted octanol–water partition coefficient (Wildman–Crippen LogP) is 4.24. The van der Waals surface area contributed by atoms with Gasteiger partial charge < -0.3 is 11.1 Å². The van der Waals surface area contributed by atoms with Gasteiger partial charge in [-0.3, -0.25) is 4.90 Å². The molecule has 0 atom stereocenters. The van der Waals surface area contributed by atoms with E-state index in [1.807, 2.05) is 48.5 Å². The molecule has 0 unspecified atom stereocenters. The van der Waals surface area contributed by atoms with Crippen LogP contribution in [-0.4, -0.2) is 19.1 Å². The number of carbonyl (C=O) groups is 1. The molecule has 0 saturated carbocycles. The van der Waals surface area contributed by atoms with E-state index in [9.17, 15) is 4.79 Å². The highest BCUT2D eigenvalue weighted by Crippen LogP contribution is 2.14. The third kappa shape index (κ3) is 6.02. The molecule has 4 heteroatoms. The van der Waals surface area contributed by atoms with Crippen molar-refractivity contribution in [2.24, 2.45) is 5.73 Å². The molecule has 0 spiro atoms. The minimum absolute atomic E-state index is 0.387. The van der Waals surface area contributed by atoms with E-state index >= 15 is 0 Å². The van der Waals surface area contributed by atoms with Gasteiger partial charge >= 0.3 is 6.03 Å². The number of primary amides is 1. The van der Waals surface area contributed by atoms with E-state index in [-0.39, 0.29) is 6.03 Å². The Kier molecular flexibility index (Phi) is 6.98. The molecule has 0 aliphatic rings. The monoisotopic (exact) mass is 311 g/mol. The second-order valence-corrected chi connectivity index (χ2v) is 5.53. The maximum absolute atomic E-state index is 11.6. The number of nitrogens with two attached hydrogens (primary N) is 1.